The van der Waals surface area contributed by atoms with Crippen molar-refractivity contribution >= 4 is 6.21 Å². The van der Waals surface area contributed by atoms with Crippen LogP contribution in [0.5, 0.6) is 0 Å². The Hall–Kier alpha value is -1.05. The first-order chi connectivity index (χ1) is 26.1. The van der Waals surface area contributed by atoms with Gasteiger partial charge in [-0.05, 0) is 66.3 Å². The van der Waals surface area contributed by atoms with Crippen molar-refractivity contribution in [1.82, 2.24) is 5.32 Å². The molecule has 10 unspecified atom stereocenters. The van der Waals surface area contributed by atoms with Crippen LogP contribution in [0.25, 0.3) is 0 Å². The highest BCUT2D eigenvalue weighted by molar-refractivity contribution is 5.60. The van der Waals surface area contributed by atoms with Gasteiger partial charge in [0, 0.05) is 50.7 Å². The molecular formula is C41H80N2O13. The third-order valence-electron chi connectivity index (χ3n) is 12.0. The molecule has 0 aromatic rings. The average Bonchev–Trinajstić information content (AvgIpc) is 3.13. The van der Waals surface area contributed by atoms with Crippen LogP contribution in [0.2, 0.25) is 0 Å². The number of likely N-dealkylation sites (N-methyl/N-ethyl adjacent to an activating group) is 1. The molecule has 0 aromatic carbocycles. The molecule has 0 saturated carbocycles. The van der Waals surface area contributed by atoms with Gasteiger partial charge in [0.05, 0.1) is 66.6 Å². The molecule has 2 aliphatic heterocycles. The van der Waals surface area contributed by atoms with Gasteiger partial charge in [-0.15, -0.1) is 0 Å². The van der Waals surface area contributed by atoms with E-state index in [0.717, 1.165) is 0 Å². The zero-order valence-corrected chi connectivity index (χ0v) is 36.8. The highest BCUT2D eigenvalue weighted by Gasteiger charge is 2.51. The smallest absolute Gasteiger partial charge is 0.185 e. The second kappa shape index (κ2) is 23.1. The molecule has 0 bridgehead atoms. The molecular weight excluding hydrogens is 728 g/mol. The minimum atomic E-state index is -1.62. The lowest BCUT2D eigenvalue weighted by molar-refractivity contribution is -0.314. The molecule has 332 valence electrons. The Kier molecular flexibility index (Phi) is 21.1. The SMILES string of the molecule is CCCC(C)(O)C(O)C(C)C(OCCOC)C(C)CC(C)(O)C(O[C@@H]1O[C@H](C)C[C@H](NCC)[C@H]1O)C(C)C(O[C@H]1C[C@@](C)(OC)[C@@H](O)[C@H](C)O1)C(C)C=NOC. The lowest BCUT2D eigenvalue weighted by Gasteiger charge is -2.48. The monoisotopic (exact) mass is 809 g/mol. The van der Waals surface area contributed by atoms with Crippen molar-refractivity contribution < 1.29 is 63.5 Å². The van der Waals surface area contributed by atoms with Crippen molar-refractivity contribution in [2.45, 2.75) is 193 Å². The van der Waals surface area contributed by atoms with E-state index in [4.69, 9.17) is 38.0 Å². The third kappa shape index (κ3) is 13.7. The van der Waals surface area contributed by atoms with Gasteiger partial charge in [0.15, 0.2) is 12.6 Å². The number of methoxy groups -OCH3 is 2. The summed E-state index contributed by atoms with van der Waals surface area (Å²) in [5.41, 5.74) is -3.92. The van der Waals surface area contributed by atoms with Crippen LogP contribution in [0, 0.1) is 23.7 Å². The van der Waals surface area contributed by atoms with Gasteiger partial charge >= 0.3 is 0 Å². The van der Waals surface area contributed by atoms with Gasteiger partial charge < -0.3 is 68.8 Å². The molecule has 15 nitrogen and oxygen atoms in total. The topological polar surface area (TPSA) is 199 Å². The Morgan fingerprint density at radius 2 is 1.61 bits per heavy atom. The number of oxime groups is 1. The molecule has 0 spiro atoms. The van der Waals surface area contributed by atoms with Crippen LogP contribution in [0.3, 0.4) is 0 Å². The molecule has 2 aliphatic rings. The Labute approximate surface area is 337 Å². The molecule has 2 saturated heterocycles. The van der Waals surface area contributed by atoms with Crippen LogP contribution in [0.15, 0.2) is 5.16 Å². The zero-order valence-electron chi connectivity index (χ0n) is 36.8. The maximum atomic E-state index is 12.8. The van der Waals surface area contributed by atoms with Gasteiger partial charge in [-0.2, -0.15) is 0 Å². The van der Waals surface area contributed by atoms with E-state index in [9.17, 15) is 25.5 Å². The lowest BCUT2D eigenvalue weighted by atomic mass is 9.74. The number of ether oxygens (including phenoxy) is 7. The Morgan fingerprint density at radius 3 is 2.18 bits per heavy atom. The van der Waals surface area contributed by atoms with Crippen LogP contribution < -0.4 is 5.32 Å². The number of nitrogens with one attached hydrogen (secondary N) is 1. The van der Waals surface area contributed by atoms with E-state index in [-0.39, 0.29) is 37.5 Å². The van der Waals surface area contributed by atoms with Crippen LogP contribution in [-0.4, -0.2) is 157 Å². The van der Waals surface area contributed by atoms with Gasteiger partial charge in [-0.3, -0.25) is 0 Å². The number of nitrogens with zero attached hydrogens (tertiary/aromatic N) is 1. The van der Waals surface area contributed by atoms with Crippen LogP contribution >= 0.6 is 0 Å². The van der Waals surface area contributed by atoms with Gasteiger partial charge in [0.1, 0.15) is 19.3 Å². The molecule has 2 fully saturated rings. The van der Waals surface area contributed by atoms with E-state index >= 15 is 0 Å². The zero-order chi connectivity index (χ0) is 42.6. The predicted molar refractivity (Wildman–Crippen MR) is 213 cm³/mol. The maximum Gasteiger partial charge on any atom is 0.185 e. The van der Waals surface area contributed by atoms with Crippen molar-refractivity contribution in [1.29, 1.82) is 0 Å². The molecule has 6 N–H and O–H groups in total. The first-order valence-electron chi connectivity index (χ1n) is 20.7. The molecule has 15 heteroatoms. The molecule has 0 aromatic heterocycles. The van der Waals surface area contributed by atoms with Crippen molar-refractivity contribution in [3.8, 4) is 0 Å². The number of aliphatic hydroxyl groups excluding tert-OH is 3. The highest BCUT2D eigenvalue weighted by atomic mass is 16.7. The molecule has 0 aliphatic carbocycles. The summed E-state index contributed by atoms with van der Waals surface area (Å²) >= 11 is 0. The Bertz CT molecular complexity index is 1130. The summed E-state index contributed by atoms with van der Waals surface area (Å²) in [6, 6.07) is -0.305. The van der Waals surface area contributed by atoms with Crippen molar-refractivity contribution in [2.75, 3.05) is 41.1 Å². The minimum Gasteiger partial charge on any atom is -0.399 e. The first kappa shape index (κ1) is 51.1. The largest absolute Gasteiger partial charge is 0.399 e. The maximum absolute atomic E-state index is 12.8. The fourth-order valence-electron chi connectivity index (χ4n) is 8.91. The lowest BCUT2D eigenvalue weighted by Crippen LogP contribution is -2.60. The summed E-state index contributed by atoms with van der Waals surface area (Å²) in [5.74, 6) is -1.93. The average molecular weight is 809 g/mol. The third-order valence-corrected chi connectivity index (χ3v) is 12.0. The predicted octanol–water partition coefficient (Wildman–Crippen LogP) is 3.39. The quantitative estimate of drug-likeness (QED) is 0.0446. The molecule has 2 heterocycles. The standard InChI is InChI=1S/C41H80N2O13/c1-15-17-39(9,47)35(45)27(6)33(52-19-18-49-12)24(3)21-40(10,48)37(56-38-32(44)30(42-16-2)20-26(5)53-38)28(7)34(25(4)23-43-51-14)55-31-22-41(11,50-13)36(46)29(8)54-31/h23-38,42,44-48H,15-22H2,1-14H3/t24?,25?,26-,27?,28?,29+,30+,31+,32-,33?,34?,35?,36+,37?,38+,39?,40?,41-/m1/s1. The number of hydrogen-bond donors (Lipinski definition) is 6. The van der Waals surface area contributed by atoms with Crippen molar-refractivity contribution in [3.63, 3.8) is 0 Å². The van der Waals surface area contributed by atoms with Crippen LogP contribution in [-0.2, 0) is 38.0 Å². The molecule has 18 atom stereocenters. The number of aliphatic hydroxyl groups is 5. The summed E-state index contributed by atoms with van der Waals surface area (Å²) in [5, 5.41) is 65.4. The summed E-state index contributed by atoms with van der Waals surface area (Å²) in [6.07, 6.45) is -4.53. The molecule has 56 heavy (non-hydrogen) atoms. The summed E-state index contributed by atoms with van der Waals surface area (Å²) in [4.78, 5) is 5.05. The summed E-state index contributed by atoms with van der Waals surface area (Å²) in [7, 11) is 4.58. The van der Waals surface area contributed by atoms with E-state index in [0.29, 0.717) is 32.4 Å². The fraction of sp³-hybridized carbons (Fsp3) is 0.976. The fourth-order valence-corrected chi connectivity index (χ4v) is 8.91. The van der Waals surface area contributed by atoms with E-state index in [1.165, 1.54) is 7.11 Å². The second-order valence-corrected chi connectivity index (χ2v) is 17.2. The number of hydrogen-bond acceptors (Lipinski definition) is 15. The second-order valence-electron chi connectivity index (χ2n) is 17.2. The first-order valence-corrected chi connectivity index (χ1v) is 20.7. The van der Waals surface area contributed by atoms with Gasteiger partial charge in [-0.1, -0.05) is 53.1 Å². The Balaban J connectivity index is 2.65. The van der Waals surface area contributed by atoms with Gasteiger partial charge in [-0.25, -0.2) is 0 Å². The normalized spacial score (nSPS) is 34.1. The van der Waals surface area contributed by atoms with Gasteiger partial charge in [0.25, 0.3) is 0 Å². The minimum absolute atomic E-state index is 0.125. The van der Waals surface area contributed by atoms with Crippen molar-refractivity contribution in [3.05, 3.63) is 0 Å². The van der Waals surface area contributed by atoms with Crippen LogP contribution in [0.1, 0.15) is 108 Å². The van der Waals surface area contributed by atoms with Crippen molar-refractivity contribution in [2.24, 2.45) is 28.8 Å². The van der Waals surface area contributed by atoms with E-state index in [2.05, 4.69) is 10.5 Å². The Morgan fingerprint density at radius 1 is 0.946 bits per heavy atom. The number of rotatable bonds is 25. The molecule has 0 radical (unpaired) electrons. The molecule has 2 rings (SSSR count). The summed E-state index contributed by atoms with van der Waals surface area (Å²) in [6.45, 7) is 21.5. The van der Waals surface area contributed by atoms with E-state index in [1.807, 2.05) is 55.4 Å². The molecule has 0 amide bonds. The van der Waals surface area contributed by atoms with E-state index < -0.39 is 89.9 Å². The summed E-state index contributed by atoms with van der Waals surface area (Å²) < 4.78 is 43.4. The van der Waals surface area contributed by atoms with E-state index in [1.54, 1.807) is 41.2 Å². The highest BCUT2D eigenvalue weighted by Crippen LogP contribution is 2.40. The van der Waals surface area contributed by atoms with Crippen LogP contribution in [0.4, 0.5) is 0 Å². The van der Waals surface area contributed by atoms with Gasteiger partial charge in [0.2, 0.25) is 0 Å².